The number of aromatic nitrogens is 2. The van der Waals surface area contributed by atoms with Crippen LogP contribution < -0.4 is 10.1 Å². The molecule has 1 amide bonds. The Bertz CT molecular complexity index is 774. The minimum Gasteiger partial charge on any atom is -0.463 e. The summed E-state index contributed by atoms with van der Waals surface area (Å²) in [7, 11) is 0. The second kappa shape index (κ2) is 10.1. The average molecular weight is 353 g/mol. The van der Waals surface area contributed by atoms with Crippen molar-refractivity contribution >= 4 is 12.2 Å². The van der Waals surface area contributed by atoms with Crippen LogP contribution in [0.3, 0.4) is 0 Å². The quantitative estimate of drug-likeness (QED) is 0.629. The Labute approximate surface area is 153 Å². The number of ether oxygens (including phenoxy) is 1. The van der Waals surface area contributed by atoms with E-state index in [0.29, 0.717) is 36.3 Å². The lowest BCUT2D eigenvalue weighted by Gasteiger charge is -2.14. The number of hydrogen-bond acceptors (Lipinski definition) is 5. The number of carbonyl (C=O) groups is 2. The first-order chi connectivity index (χ1) is 12.8. The highest BCUT2D eigenvalue weighted by Crippen LogP contribution is 2.23. The lowest BCUT2D eigenvalue weighted by atomic mass is 10.0. The maximum atomic E-state index is 12.6. The van der Waals surface area contributed by atoms with Gasteiger partial charge < -0.3 is 14.8 Å². The zero-order valence-corrected chi connectivity index (χ0v) is 15.0. The van der Waals surface area contributed by atoms with Gasteiger partial charge in [-0.25, -0.2) is 4.98 Å². The fourth-order valence-corrected chi connectivity index (χ4v) is 2.44. The van der Waals surface area contributed by atoms with Crippen LogP contribution in [0.15, 0.2) is 48.7 Å². The van der Waals surface area contributed by atoms with Gasteiger partial charge in [0.2, 0.25) is 0 Å². The zero-order chi connectivity index (χ0) is 18.8. The number of hydrogen-bond donors (Lipinski definition) is 1. The van der Waals surface area contributed by atoms with Crippen LogP contribution in [0.25, 0.3) is 11.3 Å². The molecule has 6 nitrogen and oxygen atoms in total. The molecule has 1 aromatic carbocycles. The van der Waals surface area contributed by atoms with E-state index in [1.54, 1.807) is 24.4 Å². The SMILES string of the molecule is CC.O=CC1C/C=C\CCOc2nccc(n2)-c2ccccc2C(=O)N1. The Morgan fingerprint density at radius 1 is 1.15 bits per heavy atom. The van der Waals surface area contributed by atoms with Crippen molar-refractivity contribution in [3.05, 3.63) is 54.2 Å². The maximum Gasteiger partial charge on any atom is 0.316 e. The van der Waals surface area contributed by atoms with E-state index in [9.17, 15) is 9.59 Å². The lowest BCUT2D eigenvalue weighted by Crippen LogP contribution is -2.35. The van der Waals surface area contributed by atoms with Gasteiger partial charge in [0.25, 0.3) is 5.91 Å². The maximum absolute atomic E-state index is 12.6. The molecule has 1 N–H and O–H groups in total. The van der Waals surface area contributed by atoms with Gasteiger partial charge in [-0.1, -0.05) is 44.2 Å². The number of amides is 1. The minimum absolute atomic E-state index is 0.277. The minimum atomic E-state index is -0.563. The number of rotatable bonds is 1. The number of nitrogens with one attached hydrogen (secondary N) is 1. The Morgan fingerprint density at radius 2 is 1.92 bits per heavy atom. The third-order valence-corrected chi connectivity index (χ3v) is 3.63. The highest BCUT2D eigenvalue weighted by Gasteiger charge is 2.17. The van der Waals surface area contributed by atoms with Gasteiger partial charge in [0.15, 0.2) is 0 Å². The predicted octanol–water partition coefficient (Wildman–Crippen LogP) is 3.20. The fourth-order valence-electron chi connectivity index (χ4n) is 2.44. The summed E-state index contributed by atoms with van der Waals surface area (Å²) in [5.41, 5.74) is 1.72. The molecule has 2 bridgehead atoms. The van der Waals surface area contributed by atoms with Gasteiger partial charge in [-0.3, -0.25) is 4.79 Å². The van der Waals surface area contributed by atoms with Crippen molar-refractivity contribution in [2.75, 3.05) is 6.61 Å². The normalized spacial score (nSPS) is 17.9. The van der Waals surface area contributed by atoms with Crippen molar-refractivity contribution in [3.8, 4) is 17.3 Å². The smallest absolute Gasteiger partial charge is 0.316 e. The molecule has 1 aliphatic heterocycles. The van der Waals surface area contributed by atoms with Crippen LogP contribution in [0.4, 0.5) is 0 Å². The molecule has 2 heterocycles. The van der Waals surface area contributed by atoms with Crippen molar-refractivity contribution in [1.82, 2.24) is 15.3 Å². The van der Waals surface area contributed by atoms with Gasteiger partial charge in [-0.05, 0) is 25.0 Å². The molecular formula is C20H23N3O3. The number of aldehydes is 1. The van der Waals surface area contributed by atoms with Crippen LogP contribution >= 0.6 is 0 Å². The molecule has 3 rings (SSSR count). The van der Waals surface area contributed by atoms with Crippen molar-refractivity contribution in [2.24, 2.45) is 0 Å². The molecule has 6 heteroatoms. The summed E-state index contributed by atoms with van der Waals surface area (Å²) in [6.07, 6.45) is 7.23. The highest BCUT2D eigenvalue weighted by atomic mass is 16.5. The first kappa shape index (κ1) is 19.3. The molecule has 1 aromatic heterocycles. The number of nitrogens with zero attached hydrogens (tertiary/aromatic N) is 2. The van der Waals surface area contributed by atoms with Crippen molar-refractivity contribution in [2.45, 2.75) is 32.7 Å². The third kappa shape index (κ3) is 4.99. The summed E-state index contributed by atoms with van der Waals surface area (Å²) in [6, 6.07) is 8.56. The summed E-state index contributed by atoms with van der Waals surface area (Å²) >= 11 is 0. The summed E-state index contributed by atoms with van der Waals surface area (Å²) in [5, 5.41) is 2.75. The number of carbonyl (C=O) groups excluding carboxylic acids is 2. The fraction of sp³-hybridized carbons (Fsp3) is 0.300. The Morgan fingerprint density at radius 3 is 2.69 bits per heavy atom. The van der Waals surface area contributed by atoms with Gasteiger partial charge >= 0.3 is 6.01 Å². The van der Waals surface area contributed by atoms with E-state index in [2.05, 4.69) is 15.3 Å². The van der Waals surface area contributed by atoms with Gasteiger partial charge in [0, 0.05) is 17.3 Å². The van der Waals surface area contributed by atoms with Crippen LogP contribution in [0.2, 0.25) is 0 Å². The van der Waals surface area contributed by atoms with E-state index in [1.165, 1.54) is 0 Å². The van der Waals surface area contributed by atoms with Crippen LogP contribution in [0.1, 0.15) is 37.0 Å². The Kier molecular flexibility index (Phi) is 7.49. The molecule has 0 radical (unpaired) electrons. The van der Waals surface area contributed by atoms with E-state index in [-0.39, 0.29) is 11.9 Å². The number of benzene rings is 1. The van der Waals surface area contributed by atoms with Crippen LogP contribution in [-0.4, -0.2) is 34.8 Å². The summed E-state index contributed by atoms with van der Waals surface area (Å²) in [4.78, 5) is 32.2. The van der Waals surface area contributed by atoms with E-state index in [1.807, 2.05) is 38.1 Å². The second-order valence-electron chi connectivity index (χ2n) is 5.33. The van der Waals surface area contributed by atoms with Crippen molar-refractivity contribution in [3.63, 3.8) is 0 Å². The predicted molar refractivity (Wildman–Crippen MR) is 100 cm³/mol. The molecule has 1 aliphatic rings. The second-order valence-corrected chi connectivity index (χ2v) is 5.33. The summed E-state index contributed by atoms with van der Waals surface area (Å²) in [6.45, 7) is 4.44. The molecule has 0 saturated carbocycles. The monoisotopic (exact) mass is 353 g/mol. The van der Waals surface area contributed by atoms with Crippen LogP contribution in [0.5, 0.6) is 6.01 Å². The molecule has 1 unspecified atom stereocenters. The van der Waals surface area contributed by atoms with Gasteiger partial charge in [0.05, 0.1) is 18.3 Å². The number of fused-ring (bicyclic) bond motifs is 4. The van der Waals surface area contributed by atoms with E-state index >= 15 is 0 Å². The first-order valence-corrected chi connectivity index (χ1v) is 8.74. The van der Waals surface area contributed by atoms with Gasteiger partial charge in [-0.2, -0.15) is 4.98 Å². The molecule has 0 saturated heterocycles. The average Bonchev–Trinajstić information content (AvgIpc) is 2.70. The van der Waals surface area contributed by atoms with Crippen LogP contribution in [0, 0.1) is 0 Å². The molecule has 26 heavy (non-hydrogen) atoms. The highest BCUT2D eigenvalue weighted by molar-refractivity contribution is 6.01. The largest absolute Gasteiger partial charge is 0.463 e. The van der Waals surface area contributed by atoms with Crippen molar-refractivity contribution < 1.29 is 14.3 Å². The van der Waals surface area contributed by atoms with E-state index in [4.69, 9.17) is 4.74 Å². The standard InChI is InChI=1S/C18H17N3O3.C2H6/c22-12-13-6-2-1-5-11-24-18-19-10-9-16(21-18)14-7-3-4-8-15(14)17(23)20-13;1-2/h1-4,7-10,12-13H,5-6,11H2,(H,20,23);1-2H3/b2-1-;. The first-order valence-electron chi connectivity index (χ1n) is 8.74. The van der Waals surface area contributed by atoms with Gasteiger partial charge in [-0.15, -0.1) is 0 Å². The molecular weight excluding hydrogens is 330 g/mol. The third-order valence-electron chi connectivity index (χ3n) is 3.63. The van der Waals surface area contributed by atoms with E-state index in [0.717, 1.165) is 6.29 Å². The molecule has 0 spiro atoms. The Balaban J connectivity index is 0.00000117. The van der Waals surface area contributed by atoms with Gasteiger partial charge in [0.1, 0.15) is 6.29 Å². The molecule has 136 valence electrons. The lowest BCUT2D eigenvalue weighted by molar-refractivity contribution is -0.109. The Hall–Kier alpha value is -3.02. The zero-order valence-electron chi connectivity index (χ0n) is 15.0. The molecule has 1 atom stereocenters. The van der Waals surface area contributed by atoms with E-state index < -0.39 is 6.04 Å². The molecule has 0 fully saturated rings. The molecule has 0 aliphatic carbocycles. The topological polar surface area (TPSA) is 81.2 Å². The molecule has 2 aromatic rings. The summed E-state index contributed by atoms with van der Waals surface area (Å²) < 4.78 is 5.54. The van der Waals surface area contributed by atoms with Crippen LogP contribution in [-0.2, 0) is 4.79 Å². The van der Waals surface area contributed by atoms with Crippen molar-refractivity contribution in [1.29, 1.82) is 0 Å². The summed E-state index contributed by atoms with van der Waals surface area (Å²) in [5.74, 6) is -0.311.